The van der Waals surface area contributed by atoms with Crippen molar-refractivity contribution in [2.45, 2.75) is 83.1 Å². The van der Waals surface area contributed by atoms with Crippen LogP contribution in [0.1, 0.15) is 59.8 Å². The van der Waals surface area contributed by atoms with E-state index in [9.17, 15) is 14.4 Å². The van der Waals surface area contributed by atoms with Crippen molar-refractivity contribution in [2.75, 3.05) is 19.8 Å². The molecule has 3 aliphatic heterocycles. The molecule has 2 bridgehead atoms. The zero-order chi connectivity index (χ0) is 21.4. The van der Waals surface area contributed by atoms with Crippen LogP contribution in [0.3, 0.4) is 0 Å². The largest absolute Gasteiger partial charge is 0.466 e. The molecular formula is C21H34N2O6. The summed E-state index contributed by atoms with van der Waals surface area (Å²) in [5, 5.41) is 12.0. The van der Waals surface area contributed by atoms with Gasteiger partial charge in [0.2, 0.25) is 11.8 Å². The summed E-state index contributed by atoms with van der Waals surface area (Å²) in [4.78, 5) is 41.0. The molecule has 0 radical (unpaired) electrons. The molecule has 2 amide bonds. The normalized spacial score (nSPS) is 33.1. The van der Waals surface area contributed by atoms with Gasteiger partial charge in [-0.15, -0.1) is 0 Å². The molecule has 3 aliphatic rings. The summed E-state index contributed by atoms with van der Waals surface area (Å²) in [7, 11) is 0. The molecule has 2 unspecified atom stereocenters. The first kappa shape index (κ1) is 22.0. The van der Waals surface area contributed by atoms with Gasteiger partial charge in [-0.2, -0.15) is 0 Å². The number of carbonyl (C=O) groups excluding carboxylic acids is 3. The minimum atomic E-state index is -0.967. The molecule has 0 aromatic heterocycles. The van der Waals surface area contributed by atoms with E-state index in [2.05, 4.69) is 5.32 Å². The Morgan fingerprint density at radius 3 is 2.66 bits per heavy atom. The number of aliphatic hydroxyl groups excluding tert-OH is 1. The van der Waals surface area contributed by atoms with Crippen LogP contribution in [0.2, 0.25) is 0 Å². The van der Waals surface area contributed by atoms with Crippen LogP contribution in [0.5, 0.6) is 0 Å². The molecule has 3 rings (SSSR count). The van der Waals surface area contributed by atoms with Crippen molar-refractivity contribution in [1.82, 2.24) is 10.2 Å². The quantitative estimate of drug-likeness (QED) is 0.457. The monoisotopic (exact) mass is 410 g/mol. The molecular weight excluding hydrogens is 376 g/mol. The summed E-state index contributed by atoms with van der Waals surface area (Å²) < 4.78 is 11.5. The fourth-order valence-electron chi connectivity index (χ4n) is 5.21. The molecule has 164 valence electrons. The Morgan fingerprint density at radius 2 is 2.03 bits per heavy atom. The maximum absolute atomic E-state index is 13.4. The third-order valence-corrected chi connectivity index (χ3v) is 6.16. The Morgan fingerprint density at radius 1 is 1.31 bits per heavy atom. The highest BCUT2D eigenvalue weighted by molar-refractivity contribution is 5.98. The zero-order valence-electron chi connectivity index (χ0n) is 17.9. The number of carbonyl (C=O) groups is 3. The van der Waals surface area contributed by atoms with Gasteiger partial charge < -0.3 is 24.8 Å². The molecule has 3 saturated heterocycles. The van der Waals surface area contributed by atoms with Crippen molar-refractivity contribution < 1.29 is 29.0 Å². The summed E-state index contributed by atoms with van der Waals surface area (Å²) >= 11 is 0. The van der Waals surface area contributed by atoms with Crippen LogP contribution in [0.15, 0.2) is 0 Å². The molecule has 2 N–H and O–H groups in total. The second-order valence-corrected chi connectivity index (χ2v) is 9.36. The number of fused-ring (bicyclic) bond motifs is 1. The number of aliphatic hydroxyl groups is 1. The highest BCUT2D eigenvalue weighted by Crippen LogP contribution is 2.58. The third-order valence-electron chi connectivity index (χ3n) is 6.16. The lowest BCUT2D eigenvalue weighted by Gasteiger charge is -2.35. The first-order valence-corrected chi connectivity index (χ1v) is 10.7. The van der Waals surface area contributed by atoms with E-state index in [0.29, 0.717) is 32.2 Å². The minimum absolute atomic E-state index is 0.101. The van der Waals surface area contributed by atoms with Gasteiger partial charge in [-0.1, -0.05) is 0 Å². The van der Waals surface area contributed by atoms with Gasteiger partial charge in [-0.05, 0) is 59.8 Å². The van der Waals surface area contributed by atoms with Crippen molar-refractivity contribution in [3.63, 3.8) is 0 Å². The Hall–Kier alpha value is -1.67. The number of hydrogen-bond acceptors (Lipinski definition) is 6. The van der Waals surface area contributed by atoms with Gasteiger partial charge in [-0.25, -0.2) is 0 Å². The van der Waals surface area contributed by atoms with Crippen molar-refractivity contribution in [1.29, 1.82) is 0 Å². The van der Waals surface area contributed by atoms with Gasteiger partial charge in [0, 0.05) is 18.7 Å². The predicted octanol–water partition coefficient (Wildman–Crippen LogP) is 1.00. The molecule has 8 nitrogen and oxygen atoms in total. The zero-order valence-corrected chi connectivity index (χ0v) is 17.9. The number of hydrogen-bond donors (Lipinski definition) is 2. The van der Waals surface area contributed by atoms with E-state index >= 15 is 0 Å². The summed E-state index contributed by atoms with van der Waals surface area (Å²) in [6.45, 7) is 8.19. The average Bonchev–Trinajstić information content (AvgIpc) is 3.25. The van der Waals surface area contributed by atoms with E-state index in [-0.39, 0.29) is 31.1 Å². The standard InChI is InChI=1S/C21H34N2O6/c1-5-28-19(27)14-13-9-10-21(29-13)15(14)18(26)23(11-7-6-8-12-24)16(21)17(25)22-20(2,3)4/h13-16,24H,5-12H2,1-4H3,(H,22,25)/t13-,14+,15-,16?,21?/m0/s1. The number of amides is 2. The van der Waals surface area contributed by atoms with Gasteiger partial charge in [0.15, 0.2) is 0 Å². The number of rotatable bonds is 8. The fraction of sp³-hybridized carbons (Fsp3) is 0.857. The number of ether oxygens (including phenoxy) is 2. The number of nitrogens with one attached hydrogen (secondary N) is 1. The Balaban J connectivity index is 1.91. The Labute approximate surface area is 172 Å². The van der Waals surface area contributed by atoms with Crippen molar-refractivity contribution >= 4 is 17.8 Å². The predicted molar refractivity (Wildman–Crippen MR) is 105 cm³/mol. The lowest BCUT2D eigenvalue weighted by Crippen LogP contribution is -2.58. The van der Waals surface area contributed by atoms with Crippen LogP contribution in [0, 0.1) is 11.8 Å². The van der Waals surface area contributed by atoms with Crippen molar-refractivity contribution in [2.24, 2.45) is 11.8 Å². The first-order chi connectivity index (χ1) is 13.7. The van der Waals surface area contributed by atoms with Crippen LogP contribution < -0.4 is 5.32 Å². The third kappa shape index (κ3) is 3.89. The lowest BCUT2D eigenvalue weighted by atomic mass is 9.70. The molecule has 8 heteroatoms. The van der Waals surface area contributed by atoms with E-state index in [1.165, 1.54) is 0 Å². The molecule has 3 fully saturated rings. The summed E-state index contributed by atoms with van der Waals surface area (Å²) in [6.07, 6.45) is 2.95. The van der Waals surface area contributed by atoms with Gasteiger partial charge in [0.25, 0.3) is 0 Å². The molecule has 0 aliphatic carbocycles. The van der Waals surface area contributed by atoms with E-state index in [1.54, 1.807) is 11.8 Å². The van der Waals surface area contributed by atoms with Gasteiger partial charge in [-0.3, -0.25) is 14.4 Å². The number of unbranched alkanes of at least 4 members (excludes halogenated alkanes) is 2. The highest BCUT2D eigenvalue weighted by Gasteiger charge is 2.74. The molecule has 1 spiro atoms. The van der Waals surface area contributed by atoms with E-state index < -0.39 is 35.0 Å². The Kier molecular flexibility index (Phi) is 6.24. The van der Waals surface area contributed by atoms with Crippen molar-refractivity contribution in [3.05, 3.63) is 0 Å². The van der Waals surface area contributed by atoms with Crippen LogP contribution in [-0.2, 0) is 23.9 Å². The molecule has 0 aromatic carbocycles. The smallest absolute Gasteiger partial charge is 0.312 e. The maximum atomic E-state index is 13.4. The van der Waals surface area contributed by atoms with Crippen molar-refractivity contribution in [3.8, 4) is 0 Å². The first-order valence-electron chi connectivity index (χ1n) is 10.7. The van der Waals surface area contributed by atoms with E-state index in [4.69, 9.17) is 14.6 Å². The second-order valence-electron chi connectivity index (χ2n) is 9.36. The average molecular weight is 411 g/mol. The summed E-state index contributed by atoms with van der Waals surface area (Å²) in [5.74, 6) is -2.16. The fourth-order valence-corrected chi connectivity index (χ4v) is 5.21. The molecule has 3 heterocycles. The molecule has 5 atom stereocenters. The van der Waals surface area contributed by atoms with Crippen LogP contribution in [-0.4, -0.2) is 70.8 Å². The number of esters is 1. The highest BCUT2D eigenvalue weighted by atomic mass is 16.6. The summed E-state index contributed by atoms with van der Waals surface area (Å²) in [5.41, 5.74) is -1.42. The van der Waals surface area contributed by atoms with Crippen LogP contribution in [0.4, 0.5) is 0 Å². The van der Waals surface area contributed by atoms with Gasteiger partial charge in [0.1, 0.15) is 11.6 Å². The number of likely N-dealkylation sites (tertiary alicyclic amines) is 1. The van der Waals surface area contributed by atoms with Crippen LogP contribution in [0.25, 0.3) is 0 Å². The topological polar surface area (TPSA) is 105 Å². The van der Waals surface area contributed by atoms with Gasteiger partial charge in [0.05, 0.1) is 24.5 Å². The number of nitrogens with zero attached hydrogens (tertiary/aromatic N) is 1. The van der Waals surface area contributed by atoms with Gasteiger partial charge >= 0.3 is 5.97 Å². The van der Waals surface area contributed by atoms with Crippen LogP contribution >= 0.6 is 0 Å². The Bertz CT molecular complexity index is 660. The van der Waals surface area contributed by atoms with E-state index in [1.807, 2.05) is 20.8 Å². The second kappa shape index (κ2) is 8.22. The lowest BCUT2D eigenvalue weighted by molar-refractivity contribution is -0.154. The molecule has 0 aromatic rings. The maximum Gasteiger partial charge on any atom is 0.312 e. The minimum Gasteiger partial charge on any atom is -0.466 e. The molecule has 0 saturated carbocycles. The van der Waals surface area contributed by atoms with E-state index in [0.717, 1.165) is 6.42 Å². The summed E-state index contributed by atoms with van der Waals surface area (Å²) in [6, 6.07) is -0.752. The SMILES string of the molecule is CCOC(=O)[C@@H]1[C@@H]2CCC3(O2)C(C(=O)NC(C)(C)C)N(CCCCCO)C(=O)[C@H]13. The molecule has 29 heavy (non-hydrogen) atoms.